The zero-order valence-corrected chi connectivity index (χ0v) is 11.4. The highest BCUT2D eigenvalue weighted by Gasteiger charge is 2.20. The minimum Gasteiger partial charge on any atom is -0.496 e. The molecule has 2 N–H and O–H groups in total. The van der Waals surface area contributed by atoms with Gasteiger partial charge >= 0.3 is 0 Å². The molecule has 0 heterocycles. The Labute approximate surface area is 103 Å². The summed E-state index contributed by atoms with van der Waals surface area (Å²) in [4.78, 5) is 1.20. The van der Waals surface area contributed by atoms with Crippen LogP contribution in [0.25, 0.3) is 0 Å². The average Bonchev–Trinajstić information content (AvgIpc) is 2.17. The van der Waals surface area contributed by atoms with E-state index >= 15 is 0 Å². The van der Waals surface area contributed by atoms with Crippen LogP contribution in [0.3, 0.4) is 0 Å². The predicted molar refractivity (Wildman–Crippen MR) is 71.3 cm³/mol. The summed E-state index contributed by atoms with van der Waals surface area (Å²) >= 11 is 1.83. The van der Waals surface area contributed by atoms with Gasteiger partial charge in [0.25, 0.3) is 0 Å². The van der Waals surface area contributed by atoms with Gasteiger partial charge in [0.2, 0.25) is 0 Å². The Morgan fingerprint density at radius 2 is 2.06 bits per heavy atom. The van der Waals surface area contributed by atoms with E-state index in [0.29, 0.717) is 6.54 Å². The van der Waals surface area contributed by atoms with Gasteiger partial charge < -0.3 is 10.5 Å². The highest BCUT2D eigenvalue weighted by atomic mass is 32.2. The highest BCUT2D eigenvalue weighted by molar-refractivity contribution is 8.00. The van der Waals surface area contributed by atoms with Gasteiger partial charge in [-0.3, -0.25) is 0 Å². The third-order valence-electron chi connectivity index (χ3n) is 2.45. The molecule has 1 rings (SSSR count). The number of methoxy groups -OCH3 is 1. The van der Waals surface area contributed by atoms with Gasteiger partial charge in [0.1, 0.15) is 5.75 Å². The molecule has 90 valence electrons. The molecule has 3 heteroatoms. The van der Waals surface area contributed by atoms with Crippen molar-refractivity contribution >= 4 is 11.8 Å². The van der Waals surface area contributed by atoms with Crippen LogP contribution in [-0.2, 0) is 0 Å². The summed E-state index contributed by atoms with van der Waals surface area (Å²) in [5.41, 5.74) is 6.88. The van der Waals surface area contributed by atoms with Crippen molar-refractivity contribution in [2.24, 2.45) is 5.73 Å². The van der Waals surface area contributed by atoms with Crippen molar-refractivity contribution in [1.82, 2.24) is 0 Å². The molecular weight excluding hydrogens is 218 g/mol. The van der Waals surface area contributed by atoms with Crippen molar-refractivity contribution < 1.29 is 4.74 Å². The zero-order chi connectivity index (χ0) is 12.2. The fraction of sp³-hybridized carbons (Fsp3) is 0.538. The Balaban J connectivity index is 2.90. The van der Waals surface area contributed by atoms with E-state index in [1.54, 1.807) is 7.11 Å². The lowest BCUT2D eigenvalue weighted by molar-refractivity contribution is 0.404. The molecule has 0 atom stereocenters. The smallest absolute Gasteiger partial charge is 0.132 e. The highest BCUT2D eigenvalue weighted by Crippen LogP contribution is 2.40. The van der Waals surface area contributed by atoms with Crippen LogP contribution in [0.1, 0.15) is 25.8 Å². The van der Waals surface area contributed by atoms with Gasteiger partial charge in [-0.25, -0.2) is 0 Å². The zero-order valence-electron chi connectivity index (χ0n) is 10.5. The number of nitrogens with two attached hydrogens (primary N) is 1. The van der Waals surface area contributed by atoms with E-state index in [9.17, 15) is 0 Å². The van der Waals surface area contributed by atoms with Gasteiger partial charge in [0, 0.05) is 4.75 Å². The molecule has 0 radical (unpaired) electrons. The SMILES string of the molecule is COc1ccc(C)cc1SC(C)(C)CCN. The fourth-order valence-corrected chi connectivity index (χ4v) is 2.87. The molecule has 0 aromatic heterocycles. The summed E-state index contributed by atoms with van der Waals surface area (Å²) < 4.78 is 5.52. The van der Waals surface area contributed by atoms with Crippen molar-refractivity contribution in [3.8, 4) is 5.75 Å². The second kappa shape index (κ2) is 5.60. The number of rotatable bonds is 5. The molecule has 0 saturated carbocycles. The van der Waals surface area contributed by atoms with Crippen LogP contribution < -0.4 is 10.5 Å². The van der Waals surface area contributed by atoms with Crippen molar-refractivity contribution in [2.45, 2.75) is 36.8 Å². The second-order valence-electron chi connectivity index (χ2n) is 4.55. The van der Waals surface area contributed by atoms with Crippen LogP contribution in [0.4, 0.5) is 0 Å². The lowest BCUT2D eigenvalue weighted by atomic mass is 10.1. The Morgan fingerprint density at radius 3 is 2.62 bits per heavy atom. The van der Waals surface area contributed by atoms with Crippen molar-refractivity contribution in [1.29, 1.82) is 0 Å². The van der Waals surface area contributed by atoms with E-state index in [-0.39, 0.29) is 4.75 Å². The van der Waals surface area contributed by atoms with Gasteiger partial charge in [-0.05, 0) is 37.6 Å². The number of hydrogen-bond donors (Lipinski definition) is 1. The van der Waals surface area contributed by atoms with Crippen LogP contribution in [-0.4, -0.2) is 18.4 Å². The average molecular weight is 239 g/mol. The standard InChI is InChI=1S/C13H21NOS/c1-10-5-6-11(15-4)12(9-10)16-13(2,3)7-8-14/h5-6,9H,7-8,14H2,1-4H3. The van der Waals surface area contributed by atoms with Crippen LogP contribution in [0.2, 0.25) is 0 Å². The molecule has 0 amide bonds. The van der Waals surface area contributed by atoms with E-state index in [4.69, 9.17) is 10.5 Å². The normalized spacial score (nSPS) is 11.6. The van der Waals surface area contributed by atoms with E-state index in [1.165, 1.54) is 10.5 Å². The Hall–Kier alpha value is -0.670. The lowest BCUT2D eigenvalue weighted by Crippen LogP contribution is -2.19. The third kappa shape index (κ3) is 3.72. The van der Waals surface area contributed by atoms with Gasteiger partial charge in [0.15, 0.2) is 0 Å². The van der Waals surface area contributed by atoms with Crippen molar-refractivity contribution in [3.05, 3.63) is 23.8 Å². The third-order valence-corrected chi connectivity index (χ3v) is 3.75. The molecule has 1 aromatic rings. The Morgan fingerprint density at radius 1 is 1.38 bits per heavy atom. The summed E-state index contributed by atoms with van der Waals surface area (Å²) in [5, 5.41) is 0. The minimum absolute atomic E-state index is 0.149. The topological polar surface area (TPSA) is 35.2 Å². The predicted octanol–water partition coefficient (Wildman–Crippen LogP) is 3.22. The molecule has 0 spiro atoms. The fourth-order valence-electron chi connectivity index (χ4n) is 1.56. The molecule has 0 aliphatic heterocycles. The molecule has 16 heavy (non-hydrogen) atoms. The first-order chi connectivity index (χ1) is 7.48. The second-order valence-corrected chi connectivity index (χ2v) is 6.30. The van der Waals surface area contributed by atoms with Crippen molar-refractivity contribution in [3.63, 3.8) is 0 Å². The Kier molecular flexibility index (Phi) is 4.69. The summed E-state index contributed by atoms with van der Waals surface area (Å²) in [5.74, 6) is 0.945. The van der Waals surface area contributed by atoms with Gasteiger partial charge in [-0.1, -0.05) is 19.9 Å². The quantitative estimate of drug-likeness (QED) is 0.801. The Bertz CT molecular complexity index is 350. The van der Waals surface area contributed by atoms with E-state index in [1.807, 2.05) is 17.8 Å². The molecule has 0 aliphatic carbocycles. The number of hydrogen-bond acceptors (Lipinski definition) is 3. The maximum Gasteiger partial charge on any atom is 0.132 e. The first kappa shape index (κ1) is 13.4. The first-order valence-corrected chi connectivity index (χ1v) is 6.34. The first-order valence-electron chi connectivity index (χ1n) is 5.52. The summed E-state index contributed by atoms with van der Waals surface area (Å²) in [7, 11) is 1.71. The summed E-state index contributed by atoms with van der Waals surface area (Å²) in [6.07, 6.45) is 0.995. The molecule has 1 aromatic carbocycles. The van der Waals surface area contributed by atoms with Crippen LogP contribution >= 0.6 is 11.8 Å². The van der Waals surface area contributed by atoms with E-state index < -0.39 is 0 Å². The molecule has 0 unspecified atom stereocenters. The van der Waals surface area contributed by atoms with Crippen molar-refractivity contribution in [2.75, 3.05) is 13.7 Å². The minimum atomic E-state index is 0.149. The van der Waals surface area contributed by atoms with Crippen LogP contribution in [0, 0.1) is 6.92 Å². The monoisotopic (exact) mass is 239 g/mol. The molecular formula is C13H21NOS. The largest absolute Gasteiger partial charge is 0.496 e. The maximum absolute atomic E-state index is 5.62. The van der Waals surface area contributed by atoms with E-state index in [0.717, 1.165) is 12.2 Å². The van der Waals surface area contributed by atoms with Gasteiger partial charge in [-0.15, -0.1) is 11.8 Å². The van der Waals surface area contributed by atoms with Crippen LogP contribution in [0.5, 0.6) is 5.75 Å². The summed E-state index contributed by atoms with van der Waals surface area (Å²) in [6.45, 7) is 7.24. The number of aryl methyl sites for hydroxylation is 1. The van der Waals surface area contributed by atoms with Gasteiger partial charge in [0.05, 0.1) is 12.0 Å². The van der Waals surface area contributed by atoms with Crippen LogP contribution in [0.15, 0.2) is 23.1 Å². The van der Waals surface area contributed by atoms with E-state index in [2.05, 4.69) is 32.9 Å². The maximum atomic E-state index is 5.62. The number of benzene rings is 1. The molecule has 2 nitrogen and oxygen atoms in total. The van der Waals surface area contributed by atoms with Gasteiger partial charge in [-0.2, -0.15) is 0 Å². The molecule has 0 aliphatic rings. The molecule has 0 bridgehead atoms. The molecule has 0 fully saturated rings. The number of thioether (sulfide) groups is 1. The lowest BCUT2D eigenvalue weighted by Gasteiger charge is -2.24. The molecule has 0 saturated heterocycles. The summed E-state index contributed by atoms with van der Waals surface area (Å²) in [6, 6.07) is 6.26. The number of ether oxygens (including phenoxy) is 1.